The number of thiocarbonyl (C=S) groups is 1. The first kappa shape index (κ1) is 22.2. The molecule has 0 spiro atoms. The van der Waals surface area contributed by atoms with E-state index in [0.717, 1.165) is 22.6 Å². The molecule has 2 heterocycles. The van der Waals surface area contributed by atoms with Crippen molar-refractivity contribution in [3.8, 4) is 22.7 Å². The maximum absolute atomic E-state index is 12.4. The maximum Gasteiger partial charge on any atom is 0.263 e. The number of amides is 2. The van der Waals surface area contributed by atoms with Crippen LogP contribution in [0.15, 0.2) is 96.7 Å². The highest BCUT2D eigenvalue weighted by molar-refractivity contribution is 7.80. The summed E-state index contributed by atoms with van der Waals surface area (Å²) in [5.41, 5.74) is 3.92. The molecule has 172 valence electrons. The molecular weight excluding hydrogens is 460 g/mol. The second-order valence-corrected chi connectivity index (χ2v) is 8.22. The standard InChI is InChI=1S/C27H20N4O3S/c32-25-23(26(33)29-27(35)28-25)15-20-16-31(21-9-5-2-6-10-21)30-24(20)19-11-13-22(14-12-19)34-17-18-7-3-1-4-8-18/h1-16H,17H2,(H2,28,29,32,33,35). The number of benzene rings is 3. The predicted octanol–water partition coefficient (Wildman–Crippen LogP) is 4.03. The number of hydrogen-bond acceptors (Lipinski definition) is 5. The van der Waals surface area contributed by atoms with E-state index < -0.39 is 11.8 Å². The van der Waals surface area contributed by atoms with Crippen LogP contribution in [0.25, 0.3) is 23.0 Å². The molecule has 1 aliphatic heterocycles. The zero-order valence-corrected chi connectivity index (χ0v) is 19.3. The first-order valence-corrected chi connectivity index (χ1v) is 11.3. The van der Waals surface area contributed by atoms with Crippen molar-refractivity contribution in [3.63, 3.8) is 0 Å². The number of carbonyl (C=O) groups is 2. The number of nitrogens with one attached hydrogen (secondary N) is 2. The number of rotatable bonds is 6. The Hall–Kier alpha value is -4.56. The van der Waals surface area contributed by atoms with Gasteiger partial charge >= 0.3 is 0 Å². The van der Waals surface area contributed by atoms with Gasteiger partial charge in [-0.1, -0.05) is 48.5 Å². The van der Waals surface area contributed by atoms with E-state index in [1.807, 2.05) is 84.9 Å². The molecule has 3 aromatic carbocycles. The molecule has 7 nitrogen and oxygen atoms in total. The molecule has 8 heteroatoms. The van der Waals surface area contributed by atoms with Gasteiger partial charge in [-0.05, 0) is 60.3 Å². The van der Waals surface area contributed by atoms with Crippen LogP contribution in [-0.4, -0.2) is 26.7 Å². The number of carbonyl (C=O) groups excluding carboxylic acids is 2. The van der Waals surface area contributed by atoms with Crippen LogP contribution in [0.4, 0.5) is 0 Å². The topological polar surface area (TPSA) is 85.3 Å². The Morgan fingerprint density at radius 1 is 0.857 bits per heavy atom. The molecule has 1 aromatic heterocycles. The third-order valence-corrected chi connectivity index (χ3v) is 5.59. The van der Waals surface area contributed by atoms with E-state index in [-0.39, 0.29) is 10.7 Å². The van der Waals surface area contributed by atoms with E-state index in [4.69, 9.17) is 22.1 Å². The van der Waals surface area contributed by atoms with Crippen molar-refractivity contribution in [2.75, 3.05) is 0 Å². The van der Waals surface area contributed by atoms with Gasteiger partial charge in [-0.15, -0.1) is 0 Å². The molecule has 4 aromatic rings. The number of para-hydroxylation sites is 1. The molecule has 0 saturated carbocycles. The van der Waals surface area contributed by atoms with Crippen molar-refractivity contribution >= 4 is 35.2 Å². The van der Waals surface area contributed by atoms with Crippen LogP contribution in [0.3, 0.4) is 0 Å². The fourth-order valence-electron chi connectivity index (χ4n) is 3.64. The molecule has 1 aliphatic rings. The monoisotopic (exact) mass is 480 g/mol. The molecule has 1 fully saturated rings. The molecule has 0 bridgehead atoms. The minimum Gasteiger partial charge on any atom is -0.489 e. The second-order valence-electron chi connectivity index (χ2n) is 7.81. The second kappa shape index (κ2) is 9.74. The van der Waals surface area contributed by atoms with E-state index >= 15 is 0 Å². The van der Waals surface area contributed by atoms with Gasteiger partial charge in [-0.25, -0.2) is 4.68 Å². The van der Waals surface area contributed by atoms with Gasteiger partial charge in [0.05, 0.1) is 11.4 Å². The molecule has 0 radical (unpaired) electrons. The molecule has 0 unspecified atom stereocenters. The lowest BCUT2D eigenvalue weighted by Gasteiger charge is -2.16. The molecule has 5 rings (SSSR count). The summed E-state index contributed by atoms with van der Waals surface area (Å²) >= 11 is 4.89. The summed E-state index contributed by atoms with van der Waals surface area (Å²) in [7, 11) is 0. The van der Waals surface area contributed by atoms with E-state index in [2.05, 4.69) is 10.6 Å². The Bertz CT molecular complexity index is 1410. The van der Waals surface area contributed by atoms with Gasteiger partial charge in [0.25, 0.3) is 11.8 Å². The number of nitrogens with zero attached hydrogens (tertiary/aromatic N) is 2. The van der Waals surface area contributed by atoms with Crippen molar-refractivity contribution in [1.82, 2.24) is 20.4 Å². The summed E-state index contributed by atoms with van der Waals surface area (Å²) in [5, 5.41) is 9.66. The van der Waals surface area contributed by atoms with Gasteiger partial charge in [0, 0.05) is 17.3 Å². The van der Waals surface area contributed by atoms with Gasteiger partial charge in [0.1, 0.15) is 17.9 Å². The van der Waals surface area contributed by atoms with E-state index in [1.165, 1.54) is 6.08 Å². The fraction of sp³-hybridized carbons (Fsp3) is 0.0370. The Morgan fingerprint density at radius 2 is 1.49 bits per heavy atom. The minimum absolute atomic E-state index is 0.0107. The summed E-state index contributed by atoms with van der Waals surface area (Å²) in [4.78, 5) is 24.8. The zero-order valence-electron chi connectivity index (χ0n) is 18.5. The van der Waals surface area contributed by atoms with Crippen molar-refractivity contribution in [1.29, 1.82) is 0 Å². The lowest BCUT2D eigenvalue weighted by molar-refractivity contribution is -0.123. The Labute approximate surface area is 207 Å². The highest BCUT2D eigenvalue weighted by Gasteiger charge is 2.26. The van der Waals surface area contributed by atoms with Crippen LogP contribution in [0.2, 0.25) is 0 Å². The van der Waals surface area contributed by atoms with Crippen molar-refractivity contribution in [2.45, 2.75) is 6.61 Å². The molecular formula is C27H20N4O3S. The fourth-order valence-corrected chi connectivity index (χ4v) is 3.83. The summed E-state index contributed by atoms with van der Waals surface area (Å²) in [5.74, 6) is -0.386. The first-order chi connectivity index (χ1) is 17.1. The van der Waals surface area contributed by atoms with Crippen LogP contribution in [0.5, 0.6) is 5.75 Å². The Kier molecular flexibility index (Phi) is 6.19. The lowest BCUT2D eigenvalue weighted by Crippen LogP contribution is -2.51. The van der Waals surface area contributed by atoms with Gasteiger partial charge in [0.15, 0.2) is 5.11 Å². The summed E-state index contributed by atoms with van der Waals surface area (Å²) < 4.78 is 7.60. The quantitative estimate of drug-likeness (QED) is 0.247. The van der Waals surface area contributed by atoms with E-state index in [1.54, 1.807) is 10.9 Å². The van der Waals surface area contributed by atoms with E-state index in [0.29, 0.717) is 17.9 Å². The lowest BCUT2D eigenvalue weighted by atomic mass is 10.0. The van der Waals surface area contributed by atoms with Gasteiger partial charge in [-0.3, -0.25) is 20.2 Å². The SMILES string of the molecule is O=C1NC(=S)NC(=O)C1=Cc1cn(-c2ccccc2)nc1-c1ccc(OCc2ccccc2)cc1. The Balaban J connectivity index is 1.48. The van der Waals surface area contributed by atoms with Crippen LogP contribution in [0, 0.1) is 0 Å². The van der Waals surface area contributed by atoms with Crippen LogP contribution in [0.1, 0.15) is 11.1 Å². The normalized spacial score (nSPS) is 13.3. The van der Waals surface area contributed by atoms with Crippen molar-refractivity contribution in [2.24, 2.45) is 0 Å². The molecule has 0 aliphatic carbocycles. The van der Waals surface area contributed by atoms with Gasteiger partial charge < -0.3 is 4.74 Å². The highest BCUT2D eigenvalue weighted by atomic mass is 32.1. The van der Waals surface area contributed by atoms with Gasteiger partial charge in [0.2, 0.25) is 0 Å². The third kappa shape index (κ3) is 5.02. The zero-order chi connectivity index (χ0) is 24.2. The highest BCUT2D eigenvalue weighted by Crippen LogP contribution is 2.28. The summed E-state index contributed by atoms with van der Waals surface area (Å²) in [6, 6.07) is 27.1. The third-order valence-electron chi connectivity index (χ3n) is 5.38. The largest absolute Gasteiger partial charge is 0.489 e. The number of aromatic nitrogens is 2. The van der Waals surface area contributed by atoms with Crippen LogP contribution >= 0.6 is 12.2 Å². The first-order valence-electron chi connectivity index (χ1n) is 10.9. The van der Waals surface area contributed by atoms with Crippen molar-refractivity contribution < 1.29 is 14.3 Å². The molecule has 2 N–H and O–H groups in total. The van der Waals surface area contributed by atoms with E-state index in [9.17, 15) is 9.59 Å². The molecule has 2 amide bonds. The molecule has 0 atom stereocenters. The van der Waals surface area contributed by atoms with Crippen LogP contribution < -0.4 is 15.4 Å². The summed E-state index contributed by atoms with van der Waals surface area (Å²) in [6.07, 6.45) is 3.30. The van der Waals surface area contributed by atoms with Crippen molar-refractivity contribution in [3.05, 3.63) is 108 Å². The predicted molar refractivity (Wildman–Crippen MR) is 137 cm³/mol. The Morgan fingerprint density at radius 3 is 2.14 bits per heavy atom. The maximum atomic E-state index is 12.4. The van der Waals surface area contributed by atoms with Gasteiger partial charge in [-0.2, -0.15) is 5.10 Å². The number of ether oxygens (including phenoxy) is 1. The number of hydrogen-bond donors (Lipinski definition) is 2. The minimum atomic E-state index is -0.554. The summed E-state index contributed by atoms with van der Waals surface area (Å²) in [6.45, 7) is 0.465. The average Bonchev–Trinajstić information content (AvgIpc) is 3.30. The van der Waals surface area contributed by atoms with Crippen LogP contribution in [-0.2, 0) is 16.2 Å². The average molecular weight is 481 g/mol. The molecule has 1 saturated heterocycles. The smallest absolute Gasteiger partial charge is 0.263 e. The molecule has 35 heavy (non-hydrogen) atoms.